The number of amides is 1. The largest absolute Gasteiger partial charge is 0.465 e. The third-order valence-corrected chi connectivity index (χ3v) is 1.87. The van der Waals surface area contributed by atoms with Crippen LogP contribution in [0.3, 0.4) is 0 Å². The first kappa shape index (κ1) is 12.2. The number of hydrogen-bond donors (Lipinski definition) is 3. The average Bonchev–Trinajstić information content (AvgIpc) is 1.95. The molecule has 0 spiro atoms. The lowest BCUT2D eigenvalue weighted by molar-refractivity contribution is 0.107. The van der Waals surface area contributed by atoms with E-state index in [9.17, 15) is 4.79 Å². The van der Waals surface area contributed by atoms with Crippen molar-refractivity contribution in [3.8, 4) is 0 Å². The van der Waals surface area contributed by atoms with E-state index in [1.807, 2.05) is 20.8 Å². The summed E-state index contributed by atoms with van der Waals surface area (Å²) in [7, 11) is 0. The van der Waals surface area contributed by atoms with Gasteiger partial charge in [-0.3, -0.25) is 0 Å². The van der Waals surface area contributed by atoms with Gasteiger partial charge in [-0.1, -0.05) is 20.8 Å². The molecule has 78 valence electrons. The summed E-state index contributed by atoms with van der Waals surface area (Å²) in [4.78, 5) is 14.9. The maximum atomic E-state index is 10.4. The molecule has 4 N–H and O–H groups in total. The minimum atomic E-state index is -1.02. The van der Waals surface area contributed by atoms with Crippen LogP contribution >= 0.6 is 0 Å². The van der Waals surface area contributed by atoms with Crippen molar-refractivity contribution < 1.29 is 14.7 Å². The lowest BCUT2D eigenvalue weighted by atomic mass is 9.85. The minimum absolute atomic E-state index is 0.128. The Balaban J connectivity index is 4.11. The van der Waals surface area contributed by atoms with Crippen LogP contribution in [0.15, 0.2) is 0 Å². The molecule has 5 nitrogen and oxygen atoms in total. The van der Waals surface area contributed by atoms with Crippen LogP contribution in [0, 0.1) is 5.41 Å². The molecule has 0 aromatic carbocycles. The Morgan fingerprint density at radius 3 is 2.46 bits per heavy atom. The van der Waals surface area contributed by atoms with E-state index < -0.39 is 6.09 Å². The number of nitrogens with one attached hydrogen (secondary N) is 1. The van der Waals surface area contributed by atoms with Crippen molar-refractivity contribution in [3.05, 3.63) is 0 Å². The molecule has 1 atom stereocenters. The van der Waals surface area contributed by atoms with Crippen molar-refractivity contribution in [2.75, 3.05) is 6.61 Å². The molecule has 0 radical (unpaired) electrons. The monoisotopic (exact) mass is 190 g/mol. The van der Waals surface area contributed by atoms with E-state index in [0.29, 0.717) is 13.0 Å². The second-order valence-electron chi connectivity index (χ2n) is 4.03. The molecule has 0 aromatic heterocycles. The molecule has 5 heteroatoms. The predicted molar refractivity (Wildman–Crippen MR) is 49.2 cm³/mol. The smallest absolute Gasteiger partial charge is 0.404 e. The molecule has 0 fully saturated rings. The van der Waals surface area contributed by atoms with Crippen LogP contribution in [0.4, 0.5) is 4.79 Å². The molecule has 0 aromatic rings. The molecule has 0 aliphatic rings. The highest BCUT2D eigenvalue weighted by Gasteiger charge is 2.25. The molecular formula is C8H18N2O3. The fourth-order valence-corrected chi connectivity index (χ4v) is 1.06. The summed E-state index contributed by atoms with van der Waals surface area (Å²) in [5, 5.41) is 11.0. The summed E-state index contributed by atoms with van der Waals surface area (Å²) >= 11 is 0. The van der Waals surface area contributed by atoms with E-state index in [1.165, 1.54) is 0 Å². The van der Waals surface area contributed by atoms with Crippen LogP contribution in [0.2, 0.25) is 0 Å². The molecule has 13 heavy (non-hydrogen) atoms. The number of hydrogen-bond acceptors (Lipinski definition) is 3. The van der Waals surface area contributed by atoms with Crippen LogP contribution < -0.4 is 11.2 Å². The zero-order valence-electron chi connectivity index (χ0n) is 8.33. The van der Waals surface area contributed by atoms with Gasteiger partial charge in [0.2, 0.25) is 0 Å². The third kappa shape index (κ3) is 5.43. The van der Waals surface area contributed by atoms with Crippen LogP contribution in [0.5, 0.6) is 0 Å². The van der Waals surface area contributed by atoms with Gasteiger partial charge in [-0.15, -0.1) is 0 Å². The Morgan fingerprint density at radius 2 is 2.15 bits per heavy atom. The first-order valence-corrected chi connectivity index (χ1v) is 4.19. The van der Waals surface area contributed by atoms with Crippen molar-refractivity contribution in [2.45, 2.75) is 33.2 Å². The first-order chi connectivity index (χ1) is 5.88. The standard InChI is InChI=1S/C8H18N2O3/c1-8(2,3)6(4-5-13-9)10-7(11)12/h6,10H,4-5,9H2,1-3H3,(H,11,12). The van der Waals surface area contributed by atoms with Crippen LogP contribution in [-0.2, 0) is 4.84 Å². The first-order valence-electron chi connectivity index (χ1n) is 4.19. The lowest BCUT2D eigenvalue weighted by Gasteiger charge is -2.30. The van der Waals surface area contributed by atoms with Gasteiger partial charge in [-0.25, -0.2) is 10.7 Å². The maximum absolute atomic E-state index is 10.4. The van der Waals surface area contributed by atoms with E-state index in [-0.39, 0.29) is 11.5 Å². The lowest BCUT2D eigenvalue weighted by Crippen LogP contribution is -2.43. The van der Waals surface area contributed by atoms with Crippen molar-refractivity contribution in [3.63, 3.8) is 0 Å². The molecule has 0 bridgehead atoms. The molecule has 1 unspecified atom stereocenters. The normalized spacial score (nSPS) is 13.8. The van der Waals surface area contributed by atoms with Crippen LogP contribution in [0.1, 0.15) is 27.2 Å². The summed E-state index contributed by atoms with van der Waals surface area (Å²) in [6.45, 7) is 6.24. The van der Waals surface area contributed by atoms with Crippen molar-refractivity contribution in [1.82, 2.24) is 5.32 Å². The quantitative estimate of drug-likeness (QED) is 0.576. The van der Waals surface area contributed by atoms with E-state index in [4.69, 9.17) is 11.0 Å². The Morgan fingerprint density at radius 1 is 1.62 bits per heavy atom. The molecule has 0 saturated carbocycles. The van der Waals surface area contributed by atoms with Crippen molar-refractivity contribution in [1.29, 1.82) is 0 Å². The fourth-order valence-electron chi connectivity index (χ4n) is 1.06. The molecule has 0 aliphatic heterocycles. The van der Waals surface area contributed by atoms with E-state index >= 15 is 0 Å². The second-order valence-corrected chi connectivity index (χ2v) is 4.03. The van der Waals surface area contributed by atoms with Gasteiger partial charge in [0.25, 0.3) is 0 Å². The Kier molecular flexibility index (Phi) is 4.72. The number of carboxylic acid groups (broad SMARTS) is 1. The zero-order chi connectivity index (χ0) is 10.5. The van der Waals surface area contributed by atoms with Gasteiger partial charge in [0.1, 0.15) is 0 Å². The molecule has 0 heterocycles. The number of rotatable bonds is 4. The van der Waals surface area contributed by atoms with Gasteiger partial charge < -0.3 is 15.3 Å². The van der Waals surface area contributed by atoms with Crippen molar-refractivity contribution in [2.24, 2.45) is 11.3 Å². The zero-order valence-corrected chi connectivity index (χ0v) is 8.33. The molecule has 0 saturated heterocycles. The van der Waals surface area contributed by atoms with Gasteiger partial charge in [-0.2, -0.15) is 0 Å². The minimum Gasteiger partial charge on any atom is -0.465 e. The number of nitrogens with two attached hydrogens (primary N) is 1. The number of carbonyl (C=O) groups is 1. The second kappa shape index (κ2) is 5.04. The Hall–Kier alpha value is -0.810. The van der Waals surface area contributed by atoms with E-state index in [1.54, 1.807) is 0 Å². The van der Waals surface area contributed by atoms with Gasteiger partial charge in [0, 0.05) is 6.04 Å². The maximum Gasteiger partial charge on any atom is 0.404 e. The summed E-state index contributed by atoms with van der Waals surface area (Å²) in [6, 6.07) is -0.145. The third-order valence-electron chi connectivity index (χ3n) is 1.87. The summed E-state index contributed by atoms with van der Waals surface area (Å²) in [6.07, 6.45) is -0.441. The SMILES string of the molecule is CC(C)(C)C(CCON)NC(=O)O. The van der Waals surface area contributed by atoms with Gasteiger partial charge in [0.05, 0.1) is 6.61 Å². The van der Waals surface area contributed by atoms with Crippen molar-refractivity contribution >= 4 is 6.09 Å². The predicted octanol–water partition coefficient (Wildman–Crippen LogP) is 0.949. The van der Waals surface area contributed by atoms with Crippen LogP contribution in [-0.4, -0.2) is 23.8 Å². The Labute approximate surface area is 78.2 Å². The van der Waals surface area contributed by atoms with Gasteiger partial charge in [0.15, 0.2) is 0 Å². The van der Waals surface area contributed by atoms with E-state index in [0.717, 1.165) is 0 Å². The molecule has 0 aliphatic carbocycles. The van der Waals surface area contributed by atoms with E-state index in [2.05, 4.69) is 10.2 Å². The highest BCUT2D eigenvalue weighted by atomic mass is 16.6. The Bertz CT molecular complexity index is 165. The van der Waals surface area contributed by atoms with Crippen LogP contribution in [0.25, 0.3) is 0 Å². The topological polar surface area (TPSA) is 84.6 Å². The summed E-state index contributed by atoms with van der Waals surface area (Å²) < 4.78 is 0. The summed E-state index contributed by atoms with van der Waals surface area (Å²) in [5.41, 5.74) is -0.128. The average molecular weight is 190 g/mol. The van der Waals surface area contributed by atoms with Gasteiger partial charge >= 0.3 is 6.09 Å². The molecule has 0 rings (SSSR count). The molecule has 1 amide bonds. The summed E-state index contributed by atoms with van der Waals surface area (Å²) in [5.74, 6) is 4.88. The molecular weight excluding hydrogens is 172 g/mol. The fraction of sp³-hybridized carbons (Fsp3) is 0.875. The highest BCUT2D eigenvalue weighted by Crippen LogP contribution is 2.21. The van der Waals surface area contributed by atoms with Gasteiger partial charge in [-0.05, 0) is 11.8 Å². The highest BCUT2D eigenvalue weighted by molar-refractivity contribution is 5.64.